The van der Waals surface area contributed by atoms with E-state index in [0.29, 0.717) is 22.6 Å². The number of H-pyrrole nitrogens is 1. The van der Waals surface area contributed by atoms with Crippen LogP contribution in [0.5, 0.6) is 0 Å². The van der Waals surface area contributed by atoms with E-state index in [0.717, 1.165) is 28.6 Å². The Morgan fingerprint density at radius 1 is 1.06 bits per heavy atom. The molecule has 0 atom stereocenters. The first-order chi connectivity index (χ1) is 16.2. The Labute approximate surface area is 192 Å². The van der Waals surface area contributed by atoms with E-state index in [4.69, 9.17) is 0 Å². The van der Waals surface area contributed by atoms with Crippen LogP contribution in [0.2, 0.25) is 0 Å². The largest absolute Gasteiger partial charge is 0.416 e. The van der Waals surface area contributed by atoms with Crippen molar-refractivity contribution in [2.24, 2.45) is 0 Å². The molecule has 2 aromatic heterocycles. The summed E-state index contributed by atoms with van der Waals surface area (Å²) < 4.78 is 38.6. The van der Waals surface area contributed by atoms with Gasteiger partial charge >= 0.3 is 6.18 Å². The molecule has 0 spiro atoms. The smallest absolute Gasteiger partial charge is 0.354 e. The van der Waals surface area contributed by atoms with Gasteiger partial charge in [0.1, 0.15) is 11.4 Å². The molecule has 10 heteroatoms. The molecule has 0 saturated carbocycles. The molecule has 7 nitrogen and oxygen atoms in total. The molecule has 0 radical (unpaired) electrons. The fraction of sp³-hybridized carbons (Fsp3) is 0.167. The van der Waals surface area contributed by atoms with Crippen LogP contribution in [-0.4, -0.2) is 33.8 Å². The Bertz CT molecular complexity index is 1400. The zero-order valence-electron chi connectivity index (χ0n) is 18.2. The van der Waals surface area contributed by atoms with Crippen molar-refractivity contribution in [1.82, 2.24) is 25.6 Å². The summed E-state index contributed by atoms with van der Waals surface area (Å²) in [5, 5.41) is 5.92. The zero-order chi connectivity index (χ0) is 24.5. The minimum absolute atomic E-state index is 0.0421. The summed E-state index contributed by atoms with van der Waals surface area (Å²) in [6.45, 7) is 1.62. The number of fused-ring (bicyclic) bond motifs is 1. The van der Waals surface area contributed by atoms with Crippen LogP contribution in [-0.2, 0) is 12.7 Å². The lowest BCUT2D eigenvalue weighted by Crippen LogP contribution is -2.24. The van der Waals surface area contributed by atoms with Crippen LogP contribution in [0.25, 0.3) is 22.2 Å². The highest BCUT2D eigenvalue weighted by molar-refractivity contribution is 6.02. The molecular weight excluding hydrogens is 447 g/mol. The molecule has 0 fully saturated rings. The van der Waals surface area contributed by atoms with Crippen LogP contribution < -0.4 is 10.6 Å². The number of halogens is 3. The van der Waals surface area contributed by atoms with Crippen molar-refractivity contribution in [3.8, 4) is 11.3 Å². The summed E-state index contributed by atoms with van der Waals surface area (Å²) in [4.78, 5) is 36.3. The molecule has 0 aliphatic heterocycles. The second-order valence-corrected chi connectivity index (χ2v) is 7.60. The number of carbonyl (C=O) groups is 2. The van der Waals surface area contributed by atoms with Gasteiger partial charge in [-0.1, -0.05) is 24.3 Å². The van der Waals surface area contributed by atoms with E-state index >= 15 is 0 Å². The third-order valence-corrected chi connectivity index (χ3v) is 5.28. The van der Waals surface area contributed by atoms with Gasteiger partial charge < -0.3 is 15.6 Å². The molecule has 3 N–H and O–H groups in total. The number of rotatable bonds is 5. The van der Waals surface area contributed by atoms with Gasteiger partial charge in [-0.2, -0.15) is 13.2 Å². The van der Waals surface area contributed by atoms with Crippen molar-refractivity contribution in [2.75, 3.05) is 7.05 Å². The number of benzene rings is 2. The van der Waals surface area contributed by atoms with Crippen molar-refractivity contribution in [2.45, 2.75) is 19.6 Å². The van der Waals surface area contributed by atoms with Gasteiger partial charge in [0.2, 0.25) is 0 Å². The van der Waals surface area contributed by atoms with E-state index in [2.05, 4.69) is 25.6 Å². The second-order valence-electron chi connectivity index (χ2n) is 7.60. The molecule has 0 saturated heterocycles. The van der Waals surface area contributed by atoms with Crippen LogP contribution in [0.4, 0.5) is 13.2 Å². The number of carbonyl (C=O) groups excluding carboxylic acids is 2. The fourth-order valence-corrected chi connectivity index (χ4v) is 3.60. The average molecular weight is 467 g/mol. The van der Waals surface area contributed by atoms with Crippen molar-refractivity contribution in [1.29, 1.82) is 0 Å². The molecule has 2 heterocycles. The molecule has 2 aromatic carbocycles. The molecule has 2 amide bonds. The third-order valence-electron chi connectivity index (χ3n) is 5.28. The highest BCUT2D eigenvalue weighted by Crippen LogP contribution is 2.30. The average Bonchev–Trinajstić information content (AvgIpc) is 3.26. The molecule has 4 rings (SSSR count). The lowest BCUT2D eigenvalue weighted by atomic mass is 10.0. The number of aromatic amines is 1. The fourth-order valence-electron chi connectivity index (χ4n) is 3.60. The first-order valence-corrected chi connectivity index (χ1v) is 10.3. The molecule has 0 unspecified atom stereocenters. The number of hydrogen-bond acceptors (Lipinski definition) is 4. The van der Waals surface area contributed by atoms with Crippen LogP contribution in [0.1, 0.15) is 37.8 Å². The van der Waals surface area contributed by atoms with Crippen LogP contribution in [0, 0.1) is 6.92 Å². The predicted octanol–water partition coefficient (Wildman–Crippen LogP) is 4.24. The van der Waals surface area contributed by atoms with E-state index in [1.807, 2.05) is 18.2 Å². The summed E-state index contributed by atoms with van der Waals surface area (Å²) >= 11 is 0. The van der Waals surface area contributed by atoms with E-state index in [-0.39, 0.29) is 18.1 Å². The summed E-state index contributed by atoms with van der Waals surface area (Å²) in [6.07, 6.45) is -3.14. The molecule has 34 heavy (non-hydrogen) atoms. The van der Waals surface area contributed by atoms with Gasteiger partial charge in [0, 0.05) is 30.1 Å². The molecule has 174 valence electrons. The van der Waals surface area contributed by atoms with Crippen molar-refractivity contribution < 1.29 is 22.8 Å². The molecule has 0 aliphatic rings. The van der Waals surface area contributed by atoms with Crippen molar-refractivity contribution >= 4 is 22.7 Å². The minimum atomic E-state index is -4.46. The highest BCUT2D eigenvalue weighted by atomic mass is 19.4. The van der Waals surface area contributed by atoms with Crippen LogP contribution in [0.3, 0.4) is 0 Å². The Morgan fingerprint density at radius 2 is 1.82 bits per heavy atom. The Balaban J connectivity index is 1.55. The normalized spacial score (nSPS) is 11.4. The van der Waals surface area contributed by atoms with E-state index in [1.165, 1.54) is 18.3 Å². The number of nitrogens with zero attached hydrogens (tertiary/aromatic N) is 2. The van der Waals surface area contributed by atoms with Crippen LogP contribution >= 0.6 is 0 Å². The topological polar surface area (TPSA) is 99.8 Å². The number of nitrogens with one attached hydrogen (secondary N) is 3. The summed E-state index contributed by atoms with van der Waals surface area (Å²) in [6, 6.07) is 12.0. The van der Waals surface area contributed by atoms with Crippen molar-refractivity contribution in [3.05, 3.63) is 82.9 Å². The van der Waals surface area contributed by atoms with Gasteiger partial charge in [-0.05, 0) is 36.8 Å². The third kappa shape index (κ3) is 4.61. The number of aryl methyl sites for hydroxylation is 1. The van der Waals surface area contributed by atoms with Gasteiger partial charge in [0.05, 0.1) is 23.1 Å². The predicted molar refractivity (Wildman–Crippen MR) is 120 cm³/mol. The number of aromatic nitrogens is 3. The Morgan fingerprint density at radius 3 is 2.53 bits per heavy atom. The standard InChI is InChI=1S/C24H20F3N5O2/c1-13-21(16-7-4-8-18-17(16)10-19(32-18)22(33)28-2)29-12-20(31-13)23(34)30-11-14-5-3-6-15(9-14)24(25,26)27/h3-10,12,32H,11H2,1-2H3,(H,28,33)(H,30,34). The maximum absolute atomic E-state index is 12.9. The van der Waals surface area contributed by atoms with Crippen LogP contribution in [0.15, 0.2) is 54.7 Å². The lowest BCUT2D eigenvalue weighted by Gasteiger charge is -2.10. The lowest BCUT2D eigenvalue weighted by molar-refractivity contribution is -0.137. The number of hydrogen-bond donors (Lipinski definition) is 3. The molecule has 0 bridgehead atoms. The number of amides is 2. The second kappa shape index (κ2) is 8.97. The van der Waals surface area contributed by atoms with Gasteiger partial charge in [-0.3, -0.25) is 14.6 Å². The zero-order valence-corrected chi connectivity index (χ0v) is 18.2. The maximum atomic E-state index is 12.9. The molecule has 4 aromatic rings. The summed E-state index contributed by atoms with van der Waals surface area (Å²) in [7, 11) is 1.54. The molecular formula is C24H20F3N5O2. The van der Waals surface area contributed by atoms with Crippen molar-refractivity contribution in [3.63, 3.8) is 0 Å². The first-order valence-electron chi connectivity index (χ1n) is 10.3. The quantitative estimate of drug-likeness (QED) is 0.409. The highest BCUT2D eigenvalue weighted by Gasteiger charge is 2.30. The number of alkyl halides is 3. The summed E-state index contributed by atoms with van der Waals surface area (Å²) in [5.74, 6) is -0.806. The van der Waals surface area contributed by atoms with E-state index in [9.17, 15) is 22.8 Å². The van der Waals surface area contributed by atoms with Gasteiger partial charge in [0.25, 0.3) is 11.8 Å². The first kappa shape index (κ1) is 23.0. The molecule has 0 aliphatic carbocycles. The maximum Gasteiger partial charge on any atom is 0.416 e. The Kier molecular flexibility index (Phi) is 6.06. The van der Waals surface area contributed by atoms with Gasteiger partial charge in [-0.25, -0.2) is 4.98 Å². The Hall–Kier alpha value is -4.21. The van der Waals surface area contributed by atoms with E-state index < -0.39 is 17.6 Å². The van der Waals surface area contributed by atoms with Gasteiger partial charge in [0.15, 0.2) is 0 Å². The van der Waals surface area contributed by atoms with Gasteiger partial charge in [-0.15, -0.1) is 0 Å². The summed E-state index contributed by atoms with van der Waals surface area (Å²) in [5.41, 5.74) is 2.50. The monoisotopic (exact) mass is 467 g/mol. The minimum Gasteiger partial charge on any atom is -0.354 e. The SMILES string of the molecule is CNC(=O)c1cc2c(-c3ncc(C(=O)NCc4cccc(C(F)(F)F)c4)nc3C)cccc2[nH]1. The van der Waals surface area contributed by atoms with E-state index in [1.54, 1.807) is 20.0 Å².